The van der Waals surface area contributed by atoms with Crippen LogP contribution in [0.5, 0.6) is 0 Å². The first-order valence-electron chi connectivity index (χ1n) is 9.15. The van der Waals surface area contributed by atoms with Crippen molar-refractivity contribution in [2.75, 3.05) is 13.7 Å². The van der Waals surface area contributed by atoms with E-state index in [1.807, 2.05) is 0 Å². The van der Waals surface area contributed by atoms with Gasteiger partial charge in [0.05, 0.1) is 6.61 Å². The van der Waals surface area contributed by atoms with Gasteiger partial charge in [0.1, 0.15) is 6.04 Å². The van der Waals surface area contributed by atoms with E-state index in [-0.39, 0.29) is 23.1 Å². The molecular weight excluding hydrogens is 478 g/mol. The lowest BCUT2D eigenvalue weighted by Gasteiger charge is -2.31. The molecule has 0 aliphatic heterocycles. The van der Waals surface area contributed by atoms with E-state index in [0.29, 0.717) is 10.6 Å². The second-order valence-electron chi connectivity index (χ2n) is 6.66. The molecule has 0 saturated heterocycles. The number of hydrogen-bond acceptors (Lipinski definition) is 3. The molecule has 1 amide bonds. The molecule has 168 valence electrons. The molecular formula is C21H19Cl3F3NO3. The summed E-state index contributed by atoms with van der Waals surface area (Å²) < 4.78 is 46.9. The number of benzene rings is 2. The van der Waals surface area contributed by atoms with Crippen molar-refractivity contribution >= 4 is 46.7 Å². The van der Waals surface area contributed by atoms with Gasteiger partial charge in [-0.05, 0) is 36.8 Å². The van der Waals surface area contributed by atoms with Crippen LogP contribution in [-0.4, -0.2) is 42.6 Å². The molecule has 0 aliphatic rings. The van der Waals surface area contributed by atoms with E-state index in [4.69, 9.17) is 39.5 Å². The number of nitrogens with zero attached hydrogens (tertiary/aromatic N) is 1. The number of ether oxygens (including phenoxy) is 1. The van der Waals surface area contributed by atoms with Crippen LogP contribution in [0, 0.1) is 0 Å². The molecule has 31 heavy (non-hydrogen) atoms. The average Bonchev–Trinajstić information content (AvgIpc) is 2.67. The van der Waals surface area contributed by atoms with Crippen LogP contribution in [0.25, 0.3) is 0 Å². The molecule has 10 heteroatoms. The Bertz CT molecular complexity index is 933. The number of rotatable bonds is 7. The number of alkyl halides is 3. The van der Waals surface area contributed by atoms with Gasteiger partial charge in [0.15, 0.2) is 5.92 Å². The molecule has 0 bridgehead atoms. The lowest BCUT2D eigenvalue weighted by Crippen LogP contribution is -2.49. The third-order valence-electron chi connectivity index (χ3n) is 4.55. The lowest BCUT2D eigenvalue weighted by atomic mass is 9.95. The van der Waals surface area contributed by atoms with Gasteiger partial charge in [0.25, 0.3) is 0 Å². The van der Waals surface area contributed by atoms with Crippen LogP contribution in [0.15, 0.2) is 42.5 Å². The second kappa shape index (κ2) is 10.6. The van der Waals surface area contributed by atoms with Gasteiger partial charge in [-0.1, -0.05) is 53.0 Å². The fourth-order valence-electron chi connectivity index (χ4n) is 3.07. The quantitative estimate of drug-likeness (QED) is 0.447. The highest BCUT2D eigenvalue weighted by molar-refractivity contribution is 6.36. The van der Waals surface area contributed by atoms with Crippen LogP contribution in [-0.2, 0) is 20.7 Å². The highest BCUT2D eigenvalue weighted by Gasteiger charge is 2.50. The van der Waals surface area contributed by atoms with E-state index in [2.05, 4.69) is 0 Å². The van der Waals surface area contributed by atoms with Crippen molar-refractivity contribution in [3.8, 4) is 0 Å². The maximum atomic E-state index is 14.0. The van der Waals surface area contributed by atoms with E-state index >= 15 is 0 Å². The Labute approximate surface area is 192 Å². The zero-order chi connectivity index (χ0) is 23.3. The third kappa shape index (κ3) is 6.28. The molecule has 0 saturated carbocycles. The van der Waals surface area contributed by atoms with Crippen LogP contribution in [0.3, 0.4) is 0 Å². The number of amides is 1. The Morgan fingerprint density at radius 3 is 2.16 bits per heavy atom. The molecule has 2 aromatic rings. The molecule has 2 rings (SSSR count). The molecule has 0 N–H and O–H groups in total. The summed E-state index contributed by atoms with van der Waals surface area (Å²) in [5.41, 5.74) is -0.0231. The minimum absolute atomic E-state index is 0.00799. The summed E-state index contributed by atoms with van der Waals surface area (Å²) >= 11 is 17.9. The van der Waals surface area contributed by atoms with Gasteiger partial charge >= 0.3 is 12.1 Å². The van der Waals surface area contributed by atoms with Crippen LogP contribution >= 0.6 is 34.8 Å². The Balaban J connectivity index is 2.48. The number of esters is 1. The molecule has 0 aliphatic carbocycles. The van der Waals surface area contributed by atoms with Gasteiger partial charge in [-0.15, -0.1) is 0 Å². The van der Waals surface area contributed by atoms with Crippen molar-refractivity contribution in [2.45, 2.75) is 31.5 Å². The van der Waals surface area contributed by atoms with Gasteiger partial charge in [0, 0.05) is 34.1 Å². The van der Waals surface area contributed by atoms with E-state index < -0.39 is 35.6 Å². The zero-order valence-electron chi connectivity index (χ0n) is 16.6. The van der Waals surface area contributed by atoms with Crippen molar-refractivity contribution in [1.82, 2.24) is 4.90 Å². The van der Waals surface area contributed by atoms with E-state index in [9.17, 15) is 22.8 Å². The van der Waals surface area contributed by atoms with Crippen molar-refractivity contribution in [2.24, 2.45) is 0 Å². The van der Waals surface area contributed by atoms with Crippen molar-refractivity contribution in [3.05, 3.63) is 68.7 Å². The molecule has 0 heterocycles. The largest absolute Gasteiger partial charge is 0.464 e. The average molecular weight is 497 g/mol. The van der Waals surface area contributed by atoms with Crippen LogP contribution in [0.2, 0.25) is 15.1 Å². The fourth-order valence-corrected chi connectivity index (χ4v) is 3.90. The Hall–Kier alpha value is -1.96. The predicted molar refractivity (Wildman–Crippen MR) is 114 cm³/mol. The first-order valence-corrected chi connectivity index (χ1v) is 10.3. The normalized spacial score (nSPS) is 13.4. The molecule has 0 aromatic heterocycles. The summed E-state index contributed by atoms with van der Waals surface area (Å²) in [5, 5.41) is -0.233. The Morgan fingerprint density at radius 2 is 1.65 bits per heavy atom. The van der Waals surface area contributed by atoms with Crippen LogP contribution < -0.4 is 0 Å². The SMILES string of the molecule is CCOC(=O)C(Cc1cccc(Cl)c1)N(C)C(=O)C(c1c(Cl)cccc1Cl)C(F)(F)F. The minimum Gasteiger partial charge on any atom is -0.464 e. The predicted octanol–water partition coefficient (Wildman–Crippen LogP) is 5.93. The number of carbonyl (C=O) groups is 2. The molecule has 0 fully saturated rings. The molecule has 0 radical (unpaired) electrons. The minimum atomic E-state index is -5.00. The summed E-state index contributed by atoms with van der Waals surface area (Å²) in [6, 6.07) is 8.91. The topological polar surface area (TPSA) is 46.6 Å². The smallest absolute Gasteiger partial charge is 0.404 e. The Morgan fingerprint density at radius 1 is 1.06 bits per heavy atom. The lowest BCUT2D eigenvalue weighted by molar-refractivity contribution is -0.175. The van der Waals surface area contributed by atoms with Gasteiger partial charge < -0.3 is 9.64 Å². The summed E-state index contributed by atoms with van der Waals surface area (Å²) in [5.74, 6) is -4.89. The van der Waals surface area contributed by atoms with Gasteiger partial charge in [0.2, 0.25) is 5.91 Å². The standard InChI is InChI=1S/C21H19Cl3F3NO3/c1-3-31-20(30)16(11-12-6-4-7-13(22)10-12)28(2)19(29)18(21(25,26)27)17-14(23)8-5-9-15(17)24/h4-10,16,18H,3,11H2,1-2H3. The van der Waals surface area contributed by atoms with Crippen molar-refractivity contribution in [1.29, 1.82) is 0 Å². The highest BCUT2D eigenvalue weighted by atomic mass is 35.5. The monoisotopic (exact) mass is 495 g/mol. The van der Waals surface area contributed by atoms with Crippen molar-refractivity contribution < 1.29 is 27.5 Å². The molecule has 4 nitrogen and oxygen atoms in total. The summed E-state index contributed by atoms with van der Waals surface area (Å²) in [6.07, 6.45) is -5.10. The molecule has 2 atom stereocenters. The van der Waals surface area contributed by atoms with Gasteiger partial charge in [-0.3, -0.25) is 4.79 Å². The summed E-state index contributed by atoms with van der Waals surface area (Å²) in [6.45, 7) is 1.55. The second-order valence-corrected chi connectivity index (χ2v) is 7.91. The maximum Gasteiger partial charge on any atom is 0.404 e. The Kier molecular flexibility index (Phi) is 8.63. The third-order valence-corrected chi connectivity index (χ3v) is 5.45. The summed E-state index contributed by atoms with van der Waals surface area (Å²) in [7, 11) is 1.11. The van der Waals surface area contributed by atoms with Crippen LogP contribution in [0.4, 0.5) is 13.2 Å². The van der Waals surface area contributed by atoms with Crippen LogP contribution in [0.1, 0.15) is 24.0 Å². The maximum absolute atomic E-state index is 14.0. The molecule has 2 aromatic carbocycles. The van der Waals surface area contributed by atoms with Gasteiger partial charge in [-0.25, -0.2) is 4.79 Å². The zero-order valence-corrected chi connectivity index (χ0v) is 18.8. The van der Waals surface area contributed by atoms with E-state index in [1.165, 1.54) is 18.2 Å². The van der Waals surface area contributed by atoms with Crippen molar-refractivity contribution in [3.63, 3.8) is 0 Å². The number of hydrogen-bond donors (Lipinski definition) is 0. The van der Waals surface area contributed by atoms with Gasteiger partial charge in [-0.2, -0.15) is 13.2 Å². The summed E-state index contributed by atoms with van der Waals surface area (Å²) in [4.78, 5) is 26.3. The number of halogens is 6. The van der Waals surface area contributed by atoms with E-state index in [1.54, 1.807) is 31.2 Å². The molecule has 2 unspecified atom stereocenters. The first-order chi connectivity index (χ1) is 14.5. The number of likely N-dealkylation sites (N-methyl/N-ethyl adjacent to an activating group) is 1. The number of carbonyl (C=O) groups excluding carboxylic acids is 2. The molecule has 0 spiro atoms. The van der Waals surface area contributed by atoms with E-state index in [0.717, 1.165) is 11.9 Å². The highest BCUT2D eigenvalue weighted by Crippen LogP contribution is 2.42. The fraction of sp³-hybridized carbons (Fsp3) is 0.333. The first kappa shape index (κ1) is 25.3.